The molecule has 0 bridgehead atoms. The maximum absolute atomic E-state index is 13.0. The van der Waals surface area contributed by atoms with Crippen molar-refractivity contribution in [1.82, 2.24) is 19.7 Å². The van der Waals surface area contributed by atoms with E-state index < -0.39 is 6.08 Å². The van der Waals surface area contributed by atoms with Crippen molar-refractivity contribution in [2.24, 2.45) is 5.92 Å². The van der Waals surface area contributed by atoms with Gasteiger partial charge in [0.2, 0.25) is 5.65 Å². The molecule has 6 heteroatoms. The quantitative estimate of drug-likeness (QED) is 0.625. The van der Waals surface area contributed by atoms with Crippen molar-refractivity contribution < 1.29 is 9.23 Å². The minimum atomic E-state index is -0.768. The number of halogens is 1. The zero-order valence-electron chi connectivity index (χ0n) is 10.5. The van der Waals surface area contributed by atoms with Gasteiger partial charge in [-0.3, -0.25) is 0 Å². The number of hydrogen-bond donors (Lipinski definition) is 0. The Hall–Kier alpha value is -1.98. The lowest BCUT2D eigenvalue weighted by atomic mass is 9.92. The van der Waals surface area contributed by atoms with E-state index in [1.807, 2.05) is 0 Å². The summed E-state index contributed by atoms with van der Waals surface area (Å²) in [5.41, 5.74) is 0.901. The van der Waals surface area contributed by atoms with Crippen molar-refractivity contribution in [3.63, 3.8) is 0 Å². The third kappa shape index (κ3) is 2.72. The van der Waals surface area contributed by atoms with Crippen LogP contribution in [0.1, 0.15) is 25.7 Å². The molecule has 2 aromatic rings. The molecule has 0 radical (unpaired) electrons. The highest BCUT2D eigenvalue weighted by atomic mass is 19.1. The largest absolute Gasteiger partial charge is 0.411 e. The fraction of sp³-hybridized carbons (Fsp3) is 0.462. The Morgan fingerprint density at radius 1 is 1.37 bits per heavy atom. The molecule has 1 aliphatic carbocycles. The molecular formula is C13H15FN4O. The first-order valence-corrected chi connectivity index (χ1v) is 6.47. The molecule has 0 aromatic carbocycles. The summed E-state index contributed by atoms with van der Waals surface area (Å²) in [4.78, 5) is 16.8. The molecule has 5 nitrogen and oxygen atoms in total. The first kappa shape index (κ1) is 12.1. The zero-order valence-corrected chi connectivity index (χ0v) is 10.5. The molecular weight excluding hydrogens is 247 g/mol. The number of hydrogen-bond acceptors (Lipinski definition) is 4. The molecule has 3 rings (SSSR count). The molecule has 1 unspecified atom stereocenters. The standard InChI is InChI=1S/C13H15FN4O/c14-13-15-8-11-12(17-13)18(9-16-11)19-7-6-10-4-2-1-3-5-10/h1-2,8-10H,3-7H2. The van der Waals surface area contributed by atoms with Crippen molar-refractivity contribution in [3.05, 3.63) is 30.8 Å². The monoisotopic (exact) mass is 262 g/mol. The van der Waals surface area contributed by atoms with Gasteiger partial charge in [-0.25, -0.2) is 9.97 Å². The summed E-state index contributed by atoms with van der Waals surface area (Å²) >= 11 is 0. The topological polar surface area (TPSA) is 52.8 Å². The molecule has 1 aliphatic rings. The summed E-state index contributed by atoms with van der Waals surface area (Å²) in [6.07, 6.45) is 11.0. The molecule has 0 saturated carbocycles. The fourth-order valence-electron chi connectivity index (χ4n) is 2.30. The van der Waals surface area contributed by atoms with Crippen LogP contribution in [0.2, 0.25) is 0 Å². The first-order valence-electron chi connectivity index (χ1n) is 6.47. The highest BCUT2D eigenvalue weighted by Gasteiger charge is 2.11. The summed E-state index contributed by atoms with van der Waals surface area (Å²) in [6, 6.07) is 0. The van der Waals surface area contributed by atoms with Gasteiger partial charge < -0.3 is 4.84 Å². The number of nitrogens with zero attached hydrogens (tertiary/aromatic N) is 4. The Morgan fingerprint density at radius 3 is 3.16 bits per heavy atom. The van der Waals surface area contributed by atoms with Gasteiger partial charge in [0, 0.05) is 0 Å². The highest BCUT2D eigenvalue weighted by Crippen LogP contribution is 2.21. The molecule has 0 spiro atoms. The van der Waals surface area contributed by atoms with E-state index in [2.05, 4.69) is 27.1 Å². The SMILES string of the molecule is Fc1ncc2ncn(OCCC3CC=CCC3)c2n1. The summed E-state index contributed by atoms with van der Waals surface area (Å²) in [5, 5.41) is 0. The maximum atomic E-state index is 13.0. The molecule has 0 amide bonds. The van der Waals surface area contributed by atoms with Crippen LogP contribution in [0.25, 0.3) is 11.2 Å². The third-order valence-electron chi connectivity index (χ3n) is 3.37. The predicted molar refractivity (Wildman–Crippen MR) is 67.8 cm³/mol. The van der Waals surface area contributed by atoms with Crippen molar-refractivity contribution in [2.45, 2.75) is 25.7 Å². The summed E-state index contributed by atoms with van der Waals surface area (Å²) in [5.74, 6) is 0.672. The minimum absolute atomic E-state index is 0.371. The Bertz CT molecular complexity index is 595. The van der Waals surface area contributed by atoms with E-state index in [0.717, 1.165) is 19.3 Å². The molecule has 0 N–H and O–H groups in total. The zero-order chi connectivity index (χ0) is 13.1. The molecule has 0 fully saturated rings. The lowest BCUT2D eigenvalue weighted by Crippen LogP contribution is -2.16. The van der Waals surface area contributed by atoms with Crippen LogP contribution in [-0.2, 0) is 0 Å². The van der Waals surface area contributed by atoms with Crippen LogP contribution in [0, 0.1) is 12.0 Å². The van der Waals surface area contributed by atoms with E-state index in [4.69, 9.17) is 4.84 Å². The van der Waals surface area contributed by atoms with E-state index in [9.17, 15) is 4.39 Å². The van der Waals surface area contributed by atoms with E-state index in [1.54, 1.807) is 0 Å². The van der Waals surface area contributed by atoms with Gasteiger partial charge in [0.1, 0.15) is 18.5 Å². The molecule has 0 saturated heterocycles. The predicted octanol–water partition coefficient (Wildman–Crippen LogP) is 2.14. The molecule has 2 aromatic heterocycles. The number of allylic oxidation sites excluding steroid dienone is 2. The Labute approximate surface area is 110 Å². The Balaban J connectivity index is 1.62. The minimum Gasteiger partial charge on any atom is -0.411 e. The maximum Gasteiger partial charge on any atom is 0.310 e. The van der Waals surface area contributed by atoms with Crippen molar-refractivity contribution in [2.75, 3.05) is 6.61 Å². The van der Waals surface area contributed by atoms with Crippen LogP contribution < -0.4 is 4.84 Å². The second kappa shape index (κ2) is 5.34. The molecule has 1 atom stereocenters. The second-order valence-corrected chi connectivity index (χ2v) is 4.69. The van der Waals surface area contributed by atoms with Gasteiger partial charge in [-0.05, 0) is 31.6 Å². The van der Waals surface area contributed by atoms with Crippen LogP contribution in [0.3, 0.4) is 0 Å². The molecule has 2 heterocycles. The van der Waals surface area contributed by atoms with E-state index in [-0.39, 0.29) is 0 Å². The smallest absolute Gasteiger partial charge is 0.310 e. The lowest BCUT2D eigenvalue weighted by molar-refractivity contribution is 0.103. The molecule has 19 heavy (non-hydrogen) atoms. The number of imidazole rings is 1. The lowest BCUT2D eigenvalue weighted by Gasteiger charge is -2.17. The summed E-state index contributed by atoms with van der Waals surface area (Å²) < 4.78 is 14.4. The van der Waals surface area contributed by atoms with Gasteiger partial charge in [0.05, 0.1) is 6.20 Å². The first-order chi connectivity index (χ1) is 9.33. The average molecular weight is 262 g/mol. The van der Waals surface area contributed by atoms with Crippen molar-refractivity contribution >= 4 is 11.2 Å². The van der Waals surface area contributed by atoms with Gasteiger partial charge in [0.25, 0.3) is 0 Å². The van der Waals surface area contributed by atoms with Crippen LogP contribution in [0.4, 0.5) is 4.39 Å². The van der Waals surface area contributed by atoms with Gasteiger partial charge in [-0.1, -0.05) is 12.2 Å². The second-order valence-electron chi connectivity index (χ2n) is 4.69. The Morgan fingerprint density at radius 2 is 2.32 bits per heavy atom. The van der Waals surface area contributed by atoms with Crippen LogP contribution in [-0.4, -0.2) is 26.3 Å². The van der Waals surface area contributed by atoms with Crippen molar-refractivity contribution in [1.29, 1.82) is 0 Å². The van der Waals surface area contributed by atoms with Gasteiger partial charge >= 0.3 is 6.08 Å². The number of fused-ring (bicyclic) bond motifs is 1. The molecule has 0 aliphatic heterocycles. The van der Waals surface area contributed by atoms with Crippen molar-refractivity contribution in [3.8, 4) is 0 Å². The molecule has 100 valence electrons. The number of aromatic nitrogens is 4. The Kier molecular flexibility index (Phi) is 3.39. The van der Waals surface area contributed by atoms with Crippen LogP contribution in [0.15, 0.2) is 24.7 Å². The summed E-state index contributed by atoms with van der Waals surface area (Å²) in [7, 11) is 0. The third-order valence-corrected chi connectivity index (χ3v) is 3.37. The van der Waals surface area contributed by atoms with Crippen LogP contribution in [0.5, 0.6) is 0 Å². The summed E-state index contributed by atoms with van der Waals surface area (Å²) in [6.45, 7) is 0.579. The van der Waals surface area contributed by atoms with Gasteiger partial charge in [-0.2, -0.15) is 14.1 Å². The van der Waals surface area contributed by atoms with E-state index in [0.29, 0.717) is 23.7 Å². The number of rotatable bonds is 4. The van der Waals surface area contributed by atoms with E-state index in [1.165, 1.54) is 23.7 Å². The fourth-order valence-corrected chi connectivity index (χ4v) is 2.30. The normalized spacial score (nSPS) is 18.9. The van der Waals surface area contributed by atoms with E-state index >= 15 is 0 Å². The highest BCUT2D eigenvalue weighted by molar-refractivity contribution is 5.68. The van der Waals surface area contributed by atoms with Crippen LogP contribution >= 0.6 is 0 Å². The average Bonchev–Trinajstić information content (AvgIpc) is 2.83. The van der Waals surface area contributed by atoms with Gasteiger partial charge in [0.15, 0.2) is 0 Å². The van der Waals surface area contributed by atoms with Gasteiger partial charge in [-0.15, -0.1) is 0 Å².